The first-order valence-electron chi connectivity index (χ1n) is 9.26. The largest absolute Gasteiger partial charge is 0.494 e. The zero-order valence-corrected chi connectivity index (χ0v) is 17.5. The molecule has 7 nitrogen and oxygen atoms in total. The average molecular weight is 392 g/mol. The maximum atomic E-state index is 12.2. The van der Waals surface area contributed by atoms with Crippen LogP contribution in [0, 0.1) is 12.8 Å². The Morgan fingerprint density at radius 1 is 1.30 bits per heavy atom. The Balaban J connectivity index is 1.93. The van der Waals surface area contributed by atoms with Crippen molar-refractivity contribution >= 4 is 17.7 Å². The molecule has 1 amide bonds. The Morgan fingerprint density at radius 3 is 2.78 bits per heavy atom. The lowest BCUT2D eigenvalue weighted by atomic mass is 10.0. The summed E-state index contributed by atoms with van der Waals surface area (Å²) in [5.41, 5.74) is 1.83. The van der Waals surface area contributed by atoms with Crippen LogP contribution in [0.5, 0.6) is 5.75 Å². The molecule has 1 heterocycles. The number of nitrogens with one attached hydrogen (secondary N) is 1. The summed E-state index contributed by atoms with van der Waals surface area (Å²) in [6.45, 7) is 8.47. The number of hydrogen-bond donors (Lipinski definition) is 1. The summed E-state index contributed by atoms with van der Waals surface area (Å²) in [4.78, 5) is 12.2. The van der Waals surface area contributed by atoms with E-state index in [0.717, 1.165) is 24.1 Å². The van der Waals surface area contributed by atoms with Crippen LogP contribution in [0.25, 0.3) is 5.69 Å². The zero-order chi connectivity index (χ0) is 19.8. The number of aryl methyl sites for hydroxylation is 1. The van der Waals surface area contributed by atoms with Gasteiger partial charge in [0.1, 0.15) is 11.4 Å². The summed E-state index contributed by atoms with van der Waals surface area (Å²) < 4.78 is 7.01. The SMILES string of the molecule is COc1ccc(C)cc1-n1nnnc1SCC(=O)N[C@H](C)CCCC(C)C. The van der Waals surface area contributed by atoms with E-state index in [0.29, 0.717) is 16.8 Å². The number of nitrogens with zero attached hydrogens (tertiary/aromatic N) is 4. The molecule has 1 atom stereocenters. The third kappa shape index (κ3) is 6.53. The molecule has 0 aliphatic heterocycles. The molecular weight excluding hydrogens is 362 g/mol. The quantitative estimate of drug-likeness (QED) is 0.625. The topological polar surface area (TPSA) is 81.9 Å². The van der Waals surface area contributed by atoms with Gasteiger partial charge in [0.05, 0.1) is 12.9 Å². The number of thioether (sulfide) groups is 1. The molecule has 0 aliphatic carbocycles. The van der Waals surface area contributed by atoms with E-state index in [1.54, 1.807) is 11.8 Å². The van der Waals surface area contributed by atoms with Crippen molar-refractivity contribution in [2.24, 2.45) is 5.92 Å². The summed E-state index contributed by atoms with van der Waals surface area (Å²) in [7, 11) is 1.61. The average Bonchev–Trinajstić information content (AvgIpc) is 3.08. The van der Waals surface area contributed by atoms with Crippen LogP contribution in [0.4, 0.5) is 0 Å². The molecule has 1 N–H and O–H groups in total. The number of aromatic nitrogens is 4. The molecule has 0 radical (unpaired) electrons. The maximum absolute atomic E-state index is 12.2. The van der Waals surface area contributed by atoms with Crippen molar-refractivity contribution in [2.75, 3.05) is 12.9 Å². The van der Waals surface area contributed by atoms with E-state index in [4.69, 9.17) is 4.74 Å². The molecule has 0 spiro atoms. The van der Waals surface area contributed by atoms with Crippen LogP contribution in [0.1, 0.15) is 45.6 Å². The van der Waals surface area contributed by atoms with Crippen molar-refractivity contribution in [3.05, 3.63) is 23.8 Å². The molecule has 2 rings (SSSR count). The van der Waals surface area contributed by atoms with Crippen molar-refractivity contribution in [3.8, 4) is 11.4 Å². The van der Waals surface area contributed by atoms with Crippen molar-refractivity contribution in [3.63, 3.8) is 0 Å². The fourth-order valence-corrected chi connectivity index (χ4v) is 3.43. The van der Waals surface area contributed by atoms with E-state index in [1.807, 2.05) is 32.0 Å². The van der Waals surface area contributed by atoms with Gasteiger partial charge in [0, 0.05) is 6.04 Å². The van der Waals surface area contributed by atoms with Gasteiger partial charge in [-0.05, 0) is 54.3 Å². The lowest BCUT2D eigenvalue weighted by Gasteiger charge is -2.14. The van der Waals surface area contributed by atoms with E-state index < -0.39 is 0 Å². The highest BCUT2D eigenvalue weighted by Gasteiger charge is 2.16. The molecule has 1 aromatic carbocycles. The van der Waals surface area contributed by atoms with Crippen LogP contribution in [-0.2, 0) is 4.79 Å². The Labute approximate surface area is 165 Å². The molecule has 27 heavy (non-hydrogen) atoms. The highest BCUT2D eigenvalue weighted by atomic mass is 32.2. The number of tetrazole rings is 1. The molecule has 0 saturated carbocycles. The molecule has 0 saturated heterocycles. The maximum Gasteiger partial charge on any atom is 0.230 e. The highest BCUT2D eigenvalue weighted by molar-refractivity contribution is 7.99. The lowest BCUT2D eigenvalue weighted by molar-refractivity contribution is -0.119. The second-order valence-electron chi connectivity index (χ2n) is 7.13. The fourth-order valence-electron chi connectivity index (χ4n) is 2.74. The molecule has 0 aliphatic rings. The van der Waals surface area contributed by atoms with Gasteiger partial charge in [0.25, 0.3) is 0 Å². The summed E-state index contributed by atoms with van der Waals surface area (Å²) in [6, 6.07) is 5.97. The van der Waals surface area contributed by atoms with E-state index in [-0.39, 0.29) is 17.7 Å². The smallest absolute Gasteiger partial charge is 0.230 e. The van der Waals surface area contributed by atoms with Gasteiger partial charge >= 0.3 is 0 Å². The van der Waals surface area contributed by atoms with E-state index in [9.17, 15) is 4.79 Å². The lowest BCUT2D eigenvalue weighted by Crippen LogP contribution is -2.33. The fraction of sp³-hybridized carbons (Fsp3) is 0.579. The van der Waals surface area contributed by atoms with Gasteiger partial charge in [-0.15, -0.1) is 5.10 Å². The first-order chi connectivity index (χ1) is 12.9. The van der Waals surface area contributed by atoms with Crippen LogP contribution in [0.2, 0.25) is 0 Å². The van der Waals surface area contributed by atoms with E-state index in [1.165, 1.54) is 18.2 Å². The van der Waals surface area contributed by atoms with E-state index >= 15 is 0 Å². The van der Waals surface area contributed by atoms with Gasteiger partial charge in [-0.25, -0.2) is 0 Å². The summed E-state index contributed by atoms with van der Waals surface area (Å²) in [5.74, 6) is 1.63. The van der Waals surface area contributed by atoms with Crippen LogP contribution < -0.4 is 10.1 Å². The number of carbonyl (C=O) groups excluding carboxylic acids is 1. The Bertz CT molecular complexity index is 747. The molecule has 0 unspecified atom stereocenters. The molecule has 0 bridgehead atoms. The van der Waals surface area contributed by atoms with Gasteiger partial charge in [-0.3, -0.25) is 4.79 Å². The monoisotopic (exact) mass is 391 g/mol. The van der Waals surface area contributed by atoms with E-state index in [2.05, 4.69) is 34.7 Å². The van der Waals surface area contributed by atoms with Gasteiger partial charge < -0.3 is 10.1 Å². The first kappa shape index (κ1) is 21.2. The van der Waals surface area contributed by atoms with Gasteiger partial charge in [0.2, 0.25) is 11.1 Å². The van der Waals surface area contributed by atoms with Crippen molar-refractivity contribution in [2.45, 2.75) is 58.2 Å². The molecule has 8 heteroatoms. The normalized spacial score (nSPS) is 12.2. The molecule has 1 aromatic heterocycles. The number of hydrogen-bond acceptors (Lipinski definition) is 6. The number of carbonyl (C=O) groups is 1. The second-order valence-corrected chi connectivity index (χ2v) is 8.07. The van der Waals surface area contributed by atoms with Crippen LogP contribution >= 0.6 is 11.8 Å². The van der Waals surface area contributed by atoms with Gasteiger partial charge in [-0.1, -0.05) is 44.5 Å². The molecular formula is C19H29N5O2S. The second kappa shape index (κ2) is 10.3. The summed E-state index contributed by atoms with van der Waals surface area (Å²) in [5, 5.41) is 15.5. The van der Waals surface area contributed by atoms with Crippen LogP contribution in [-0.4, -0.2) is 45.0 Å². The van der Waals surface area contributed by atoms with Crippen molar-refractivity contribution in [1.29, 1.82) is 0 Å². The first-order valence-corrected chi connectivity index (χ1v) is 10.2. The minimum atomic E-state index is -0.0113. The Kier molecular flexibility index (Phi) is 8.09. The predicted molar refractivity (Wildman–Crippen MR) is 107 cm³/mol. The minimum Gasteiger partial charge on any atom is -0.494 e. The van der Waals surface area contributed by atoms with Gasteiger partial charge in [0.15, 0.2) is 0 Å². The molecule has 2 aromatic rings. The van der Waals surface area contributed by atoms with Crippen molar-refractivity contribution in [1.82, 2.24) is 25.5 Å². The zero-order valence-electron chi connectivity index (χ0n) is 16.7. The molecule has 148 valence electrons. The minimum absolute atomic E-state index is 0.0113. The summed E-state index contributed by atoms with van der Waals surface area (Å²) in [6.07, 6.45) is 3.30. The number of methoxy groups -OCH3 is 1. The number of amides is 1. The Morgan fingerprint density at radius 2 is 2.07 bits per heavy atom. The number of benzene rings is 1. The van der Waals surface area contributed by atoms with Crippen molar-refractivity contribution < 1.29 is 9.53 Å². The third-order valence-electron chi connectivity index (χ3n) is 4.16. The number of rotatable bonds is 10. The van der Waals surface area contributed by atoms with Crippen LogP contribution in [0.3, 0.4) is 0 Å². The third-order valence-corrected chi connectivity index (χ3v) is 5.08. The standard InChI is InChI=1S/C19H29N5O2S/c1-13(2)7-6-8-15(4)20-18(25)12-27-19-21-22-23-24(19)16-11-14(3)9-10-17(16)26-5/h9-11,13,15H,6-8,12H2,1-5H3,(H,20,25)/t15-/m1/s1. The highest BCUT2D eigenvalue weighted by Crippen LogP contribution is 2.26. The molecule has 0 fully saturated rings. The summed E-state index contributed by atoms with van der Waals surface area (Å²) >= 11 is 1.31. The van der Waals surface area contributed by atoms with Crippen LogP contribution in [0.15, 0.2) is 23.4 Å². The predicted octanol–water partition coefficient (Wildman–Crippen LogP) is 3.40. The number of ether oxygens (including phenoxy) is 1. The Hall–Kier alpha value is -2.09. The van der Waals surface area contributed by atoms with Gasteiger partial charge in [-0.2, -0.15) is 4.68 Å².